The molecule has 0 atom stereocenters. The molecule has 0 spiro atoms. The Morgan fingerprint density at radius 2 is 1.87 bits per heavy atom. The van der Waals surface area contributed by atoms with Gasteiger partial charge in [-0.2, -0.15) is 0 Å². The average molecular weight is 312 g/mol. The lowest BCUT2D eigenvalue weighted by atomic mass is 9.92. The van der Waals surface area contributed by atoms with Crippen molar-refractivity contribution in [3.63, 3.8) is 0 Å². The Hall–Kier alpha value is -1.94. The fourth-order valence-electron chi connectivity index (χ4n) is 2.76. The van der Waals surface area contributed by atoms with E-state index in [1.165, 1.54) is 38.0 Å². The third kappa shape index (κ3) is 6.78. The maximum atomic E-state index is 5.42. The molecule has 1 fully saturated rings. The van der Waals surface area contributed by atoms with Gasteiger partial charge in [-0.1, -0.05) is 19.1 Å². The van der Waals surface area contributed by atoms with Crippen LogP contribution in [-0.2, 0) is 12.8 Å². The third-order valence-corrected chi connectivity index (χ3v) is 4.18. The molecule has 23 heavy (non-hydrogen) atoms. The molecule has 3 N–H and O–H groups in total. The van der Waals surface area contributed by atoms with Crippen LogP contribution in [0.25, 0.3) is 0 Å². The topological polar surface area (TPSA) is 63.8 Å². The van der Waals surface area contributed by atoms with Gasteiger partial charge >= 0.3 is 0 Å². The van der Waals surface area contributed by atoms with Crippen molar-refractivity contribution in [1.29, 1.82) is 0 Å². The van der Waals surface area contributed by atoms with E-state index in [9.17, 15) is 0 Å². The lowest BCUT2D eigenvalue weighted by Gasteiger charge is -2.22. The minimum Gasteiger partial charge on any atom is -0.384 e. The van der Waals surface area contributed by atoms with Gasteiger partial charge in [0.15, 0.2) is 0 Å². The summed E-state index contributed by atoms with van der Waals surface area (Å²) in [5.41, 5.74) is 7.72. The summed E-state index contributed by atoms with van der Waals surface area (Å²) in [4.78, 5) is 8.42. The SMILES string of the molecule is CCc1cccc(N)n1.c1ccc(CCC2CCNCC2)nc1. The monoisotopic (exact) mass is 312 g/mol. The summed E-state index contributed by atoms with van der Waals surface area (Å²) < 4.78 is 0. The molecule has 2 aromatic rings. The highest BCUT2D eigenvalue weighted by Crippen LogP contribution is 2.17. The predicted octanol–water partition coefficient (Wildman–Crippen LogP) is 3.24. The number of nitrogens with two attached hydrogens (primary N) is 1. The van der Waals surface area contributed by atoms with Crippen LogP contribution in [-0.4, -0.2) is 23.1 Å². The minimum absolute atomic E-state index is 0.606. The number of piperidine rings is 1. The zero-order valence-corrected chi connectivity index (χ0v) is 14.0. The number of aryl methyl sites for hydroxylation is 2. The van der Waals surface area contributed by atoms with E-state index in [0.717, 1.165) is 24.5 Å². The first-order valence-corrected chi connectivity index (χ1v) is 8.60. The summed E-state index contributed by atoms with van der Waals surface area (Å²) in [6, 6.07) is 11.9. The lowest BCUT2D eigenvalue weighted by molar-refractivity contribution is 0.353. The van der Waals surface area contributed by atoms with E-state index in [1.807, 2.05) is 24.4 Å². The van der Waals surface area contributed by atoms with Crippen LogP contribution in [0.3, 0.4) is 0 Å². The molecule has 1 aliphatic heterocycles. The number of hydrogen-bond donors (Lipinski definition) is 2. The molecular formula is C19H28N4. The van der Waals surface area contributed by atoms with Crippen LogP contribution >= 0.6 is 0 Å². The molecule has 124 valence electrons. The Balaban J connectivity index is 0.000000185. The number of nitrogens with zero attached hydrogens (tertiary/aromatic N) is 2. The van der Waals surface area contributed by atoms with Crippen molar-refractivity contribution in [3.05, 3.63) is 54.0 Å². The molecule has 0 amide bonds. The van der Waals surface area contributed by atoms with Crippen LogP contribution in [0.15, 0.2) is 42.6 Å². The van der Waals surface area contributed by atoms with Gasteiger partial charge in [-0.25, -0.2) is 4.98 Å². The highest BCUT2D eigenvalue weighted by molar-refractivity contribution is 5.28. The van der Waals surface area contributed by atoms with E-state index in [2.05, 4.69) is 34.3 Å². The molecule has 0 radical (unpaired) electrons. The maximum Gasteiger partial charge on any atom is 0.123 e. The van der Waals surface area contributed by atoms with Crippen molar-refractivity contribution in [3.8, 4) is 0 Å². The largest absolute Gasteiger partial charge is 0.384 e. The molecule has 3 heterocycles. The fraction of sp³-hybridized carbons (Fsp3) is 0.474. The van der Waals surface area contributed by atoms with Crippen LogP contribution in [0.5, 0.6) is 0 Å². The van der Waals surface area contributed by atoms with Crippen LogP contribution in [0.4, 0.5) is 5.82 Å². The van der Waals surface area contributed by atoms with Gasteiger partial charge in [-0.15, -0.1) is 0 Å². The smallest absolute Gasteiger partial charge is 0.123 e. The van der Waals surface area contributed by atoms with Crippen molar-refractivity contribution in [2.24, 2.45) is 5.92 Å². The second-order valence-electron chi connectivity index (χ2n) is 5.96. The van der Waals surface area contributed by atoms with Gasteiger partial charge in [-0.05, 0) is 75.4 Å². The van der Waals surface area contributed by atoms with Gasteiger partial charge in [0.1, 0.15) is 5.82 Å². The van der Waals surface area contributed by atoms with Gasteiger partial charge in [0.2, 0.25) is 0 Å². The zero-order valence-electron chi connectivity index (χ0n) is 14.0. The molecule has 2 aromatic heterocycles. The second-order valence-corrected chi connectivity index (χ2v) is 5.96. The first-order chi connectivity index (χ1) is 11.3. The number of rotatable bonds is 4. The van der Waals surface area contributed by atoms with E-state index in [0.29, 0.717) is 5.82 Å². The number of aromatic nitrogens is 2. The molecule has 0 saturated carbocycles. The normalized spacial score (nSPS) is 14.8. The number of anilines is 1. The summed E-state index contributed by atoms with van der Waals surface area (Å²) in [6.07, 6.45) is 7.96. The van der Waals surface area contributed by atoms with Gasteiger partial charge in [0, 0.05) is 17.6 Å². The van der Waals surface area contributed by atoms with E-state index in [1.54, 1.807) is 6.07 Å². The fourth-order valence-corrected chi connectivity index (χ4v) is 2.76. The molecule has 0 aliphatic carbocycles. The quantitative estimate of drug-likeness (QED) is 0.909. The van der Waals surface area contributed by atoms with Crippen molar-refractivity contribution >= 4 is 5.82 Å². The first kappa shape index (κ1) is 17.4. The van der Waals surface area contributed by atoms with Gasteiger partial charge < -0.3 is 11.1 Å². The van der Waals surface area contributed by atoms with E-state index >= 15 is 0 Å². The number of nitrogens with one attached hydrogen (secondary N) is 1. The average Bonchev–Trinajstić information content (AvgIpc) is 2.62. The summed E-state index contributed by atoms with van der Waals surface area (Å²) in [5, 5.41) is 3.40. The van der Waals surface area contributed by atoms with Gasteiger partial charge in [0.05, 0.1) is 0 Å². The number of pyridine rings is 2. The Morgan fingerprint density at radius 3 is 2.48 bits per heavy atom. The van der Waals surface area contributed by atoms with Crippen molar-refractivity contribution in [2.45, 2.75) is 39.0 Å². The van der Waals surface area contributed by atoms with Gasteiger partial charge in [-0.3, -0.25) is 4.98 Å². The molecular weight excluding hydrogens is 284 g/mol. The summed E-state index contributed by atoms with van der Waals surface area (Å²) >= 11 is 0. The molecule has 4 nitrogen and oxygen atoms in total. The van der Waals surface area contributed by atoms with Crippen molar-refractivity contribution in [1.82, 2.24) is 15.3 Å². The number of nitrogen functional groups attached to an aromatic ring is 1. The first-order valence-electron chi connectivity index (χ1n) is 8.60. The van der Waals surface area contributed by atoms with Crippen LogP contribution in [0, 0.1) is 5.92 Å². The van der Waals surface area contributed by atoms with Crippen molar-refractivity contribution in [2.75, 3.05) is 18.8 Å². The lowest BCUT2D eigenvalue weighted by Crippen LogP contribution is -2.27. The molecule has 1 saturated heterocycles. The predicted molar refractivity (Wildman–Crippen MR) is 96.2 cm³/mol. The van der Waals surface area contributed by atoms with E-state index in [4.69, 9.17) is 5.73 Å². The highest BCUT2D eigenvalue weighted by Gasteiger charge is 2.12. The molecule has 0 bridgehead atoms. The highest BCUT2D eigenvalue weighted by atomic mass is 14.9. The van der Waals surface area contributed by atoms with E-state index < -0.39 is 0 Å². The summed E-state index contributed by atoms with van der Waals surface area (Å²) in [7, 11) is 0. The third-order valence-electron chi connectivity index (χ3n) is 4.18. The second kappa shape index (κ2) is 9.95. The van der Waals surface area contributed by atoms with Crippen LogP contribution in [0.1, 0.15) is 37.6 Å². The number of hydrogen-bond acceptors (Lipinski definition) is 4. The Bertz CT molecular complexity index is 550. The Labute approximate surface area is 139 Å². The summed E-state index contributed by atoms with van der Waals surface area (Å²) in [6.45, 7) is 4.46. The minimum atomic E-state index is 0.606. The van der Waals surface area contributed by atoms with Crippen LogP contribution in [0.2, 0.25) is 0 Å². The molecule has 3 rings (SSSR count). The Morgan fingerprint density at radius 1 is 1.09 bits per heavy atom. The molecule has 0 aromatic carbocycles. The molecule has 1 aliphatic rings. The van der Waals surface area contributed by atoms with Crippen LogP contribution < -0.4 is 11.1 Å². The van der Waals surface area contributed by atoms with Gasteiger partial charge in [0.25, 0.3) is 0 Å². The van der Waals surface area contributed by atoms with Crippen molar-refractivity contribution < 1.29 is 0 Å². The molecule has 0 unspecified atom stereocenters. The zero-order chi connectivity index (χ0) is 16.3. The molecule has 4 heteroatoms. The van der Waals surface area contributed by atoms with E-state index in [-0.39, 0.29) is 0 Å². The maximum absolute atomic E-state index is 5.42. The summed E-state index contributed by atoms with van der Waals surface area (Å²) in [5.74, 6) is 1.52. The standard InChI is InChI=1S/C12H18N2.C7H10N2/c1-2-8-14-12(3-1)5-4-11-6-9-13-10-7-11;1-2-6-4-3-5-7(8)9-6/h1-3,8,11,13H,4-7,9-10H2;3-5H,2H2,1H3,(H2,8,9). The Kier molecular flexibility index (Phi) is 7.54.